The van der Waals surface area contributed by atoms with Crippen molar-refractivity contribution in [2.75, 3.05) is 0 Å². The topological polar surface area (TPSA) is 70.3 Å². The van der Waals surface area contributed by atoms with Crippen LogP contribution in [0.5, 0.6) is 0 Å². The molecule has 1 aromatic carbocycles. The lowest BCUT2D eigenvalue weighted by Crippen LogP contribution is -1.98. The minimum Gasteiger partial charge on any atom is -0.267 e. The number of nitrogens with zero attached hydrogens (tertiary/aromatic N) is 4. The molecule has 0 atom stereocenters. The fourth-order valence-electron chi connectivity index (χ4n) is 1.88. The van der Waals surface area contributed by atoms with Gasteiger partial charge in [0.1, 0.15) is 11.8 Å². The smallest absolute Gasteiger partial charge is 0.200 e. The third-order valence-corrected chi connectivity index (χ3v) is 3.08. The van der Waals surface area contributed by atoms with Crippen molar-refractivity contribution < 1.29 is 0 Å². The van der Waals surface area contributed by atoms with Crippen LogP contribution in [0.2, 0.25) is 0 Å². The number of nitriles is 1. The lowest BCUT2D eigenvalue weighted by molar-refractivity contribution is 1.03. The molecule has 0 radical (unpaired) electrons. The van der Waals surface area contributed by atoms with Crippen molar-refractivity contribution in [1.82, 2.24) is 19.7 Å². The number of aromatic nitrogens is 4. The van der Waals surface area contributed by atoms with Crippen LogP contribution in [0.1, 0.15) is 5.56 Å². The molecule has 0 fully saturated rings. The van der Waals surface area contributed by atoms with Gasteiger partial charge >= 0.3 is 0 Å². The van der Waals surface area contributed by atoms with E-state index in [0.717, 1.165) is 5.69 Å². The maximum atomic E-state index is 8.80. The Bertz CT molecular complexity index is 824. The van der Waals surface area contributed by atoms with Crippen LogP contribution >= 0.6 is 12.2 Å². The van der Waals surface area contributed by atoms with Gasteiger partial charge in [0.25, 0.3) is 0 Å². The summed E-state index contributed by atoms with van der Waals surface area (Å²) in [6.07, 6.45) is 1.52. The van der Waals surface area contributed by atoms with E-state index in [1.54, 1.807) is 12.1 Å². The molecule has 3 aromatic rings. The van der Waals surface area contributed by atoms with E-state index < -0.39 is 0 Å². The van der Waals surface area contributed by atoms with Crippen molar-refractivity contribution in [2.45, 2.75) is 0 Å². The van der Waals surface area contributed by atoms with Crippen molar-refractivity contribution in [1.29, 1.82) is 5.26 Å². The normalized spacial score (nSPS) is 10.2. The van der Waals surface area contributed by atoms with E-state index in [2.05, 4.69) is 15.2 Å². The number of H-pyrrole nitrogens is 1. The first kappa shape index (κ1) is 12.3. The Labute approximate surface area is 120 Å². The average Bonchev–Trinajstić information content (AvgIpc) is 2.90. The second kappa shape index (κ2) is 5.07. The molecule has 0 unspecified atom stereocenters. The third kappa shape index (κ3) is 2.11. The van der Waals surface area contributed by atoms with Gasteiger partial charge in [-0.05, 0) is 36.5 Å². The molecule has 0 aliphatic heterocycles. The molecule has 2 aromatic heterocycles. The maximum absolute atomic E-state index is 8.80. The zero-order valence-electron chi connectivity index (χ0n) is 10.3. The van der Waals surface area contributed by atoms with E-state index in [4.69, 9.17) is 17.5 Å². The van der Waals surface area contributed by atoms with E-state index in [-0.39, 0.29) is 0 Å². The van der Waals surface area contributed by atoms with Crippen molar-refractivity contribution in [3.63, 3.8) is 0 Å². The van der Waals surface area contributed by atoms with Crippen molar-refractivity contribution in [3.8, 4) is 23.3 Å². The van der Waals surface area contributed by atoms with Crippen LogP contribution in [0.3, 0.4) is 0 Å². The summed E-state index contributed by atoms with van der Waals surface area (Å²) in [5, 5.41) is 15.8. The predicted octanol–water partition coefficient (Wildman–Crippen LogP) is 2.86. The summed E-state index contributed by atoms with van der Waals surface area (Å²) in [7, 11) is 0. The summed E-state index contributed by atoms with van der Waals surface area (Å²) >= 11 is 5.27. The second-order valence-corrected chi connectivity index (χ2v) is 4.45. The number of pyridine rings is 1. The van der Waals surface area contributed by atoms with Gasteiger partial charge in [0.05, 0.1) is 11.3 Å². The van der Waals surface area contributed by atoms with Gasteiger partial charge in [0, 0.05) is 6.20 Å². The van der Waals surface area contributed by atoms with Crippen LogP contribution in [0.4, 0.5) is 0 Å². The highest BCUT2D eigenvalue weighted by Crippen LogP contribution is 2.19. The van der Waals surface area contributed by atoms with Gasteiger partial charge in [-0.15, -0.1) is 0 Å². The Morgan fingerprint density at radius 2 is 1.95 bits per heavy atom. The Morgan fingerprint density at radius 1 is 1.15 bits per heavy atom. The summed E-state index contributed by atoms with van der Waals surface area (Å²) in [6, 6.07) is 15.2. The largest absolute Gasteiger partial charge is 0.267 e. The molecule has 0 saturated carbocycles. The SMILES string of the molecule is N#Cc1ccc(-c2n[nH]c(=S)n2-c2ccccc2)nc1. The number of nitrogens with one attached hydrogen (secondary N) is 1. The van der Waals surface area contributed by atoms with Gasteiger partial charge in [-0.3, -0.25) is 14.6 Å². The highest BCUT2D eigenvalue weighted by atomic mass is 32.1. The van der Waals surface area contributed by atoms with E-state index in [1.807, 2.05) is 41.0 Å². The van der Waals surface area contributed by atoms with Crippen LogP contribution in [0, 0.1) is 16.1 Å². The van der Waals surface area contributed by atoms with Crippen LogP contribution in [0.25, 0.3) is 17.2 Å². The predicted molar refractivity (Wildman–Crippen MR) is 76.7 cm³/mol. The van der Waals surface area contributed by atoms with E-state index in [1.165, 1.54) is 6.20 Å². The highest BCUT2D eigenvalue weighted by Gasteiger charge is 2.11. The molecule has 20 heavy (non-hydrogen) atoms. The maximum Gasteiger partial charge on any atom is 0.200 e. The summed E-state index contributed by atoms with van der Waals surface area (Å²) in [4.78, 5) is 4.25. The van der Waals surface area contributed by atoms with E-state index >= 15 is 0 Å². The molecule has 2 heterocycles. The number of hydrogen-bond acceptors (Lipinski definition) is 4. The number of para-hydroxylation sites is 1. The van der Waals surface area contributed by atoms with Gasteiger partial charge in [0.2, 0.25) is 0 Å². The van der Waals surface area contributed by atoms with Gasteiger partial charge in [0.15, 0.2) is 10.6 Å². The Hall–Kier alpha value is -2.78. The minimum atomic E-state index is 0.498. The molecule has 5 nitrogen and oxygen atoms in total. The molecule has 96 valence electrons. The highest BCUT2D eigenvalue weighted by molar-refractivity contribution is 7.71. The zero-order chi connectivity index (χ0) is 13.9. The lowest BCUT2D eigenvalue weighted by Gasteiger charge is -2.05. The fraction of sp³-hybridized carbons (Fsp3) is 0. The molecule has 6 heteroatoms. The number of rotatable bonds is 2. The Kier molecular flexibility index (Phi) is 3.11. The molecule has 3 rings (SSSR count). The molecule has 0 aliphatic rings. The molecular formula is C14H9N5S. The van der Waals surface area contributed by atoms with Gasteiger partial charge < -0.3 is 0 Å². The first-order chi connectivity index (χ1) is 9.79. The van der Waals surface area contributed by atoms with Gasteiger partial charge in [-0.1, -0.05) is 18.2 Å². The molecule has 0 saturated heterocycles. The molecule has 0 amide bonds. The van der Waals surface area contributed by atoms with Crippen LogP contribution in [0.15, 0.2) is 48.7 Å². The third-order valence-electron chi connectivity index (χ3n) is 2.81. The first-order valence-electron chi connectivity index (χ1n) is 5.89. The standard InChI is InChI=1S/C14H9N5S/c15-8-10-6-7-12(16-9-10)13-17-18-14(20)19(13)11-4-2-1-3-5-11/h1-7,9H,(H,18,20). The van der Waals surface area contributed by atoms with Crippen LogP contribution in [-0.2, 0) is 0 Å². The summed E-state index contributed by atoms with van der Waals surface area (Å²) in [6.45, 7) is 0. The zero-order valence-corrected chi connectivity index (χ0v) is 11.1. The van der Waals surface area contributed by atoms with E-state index in [0.29, 0.717) is 21.9 Å². The first-order valence-corrected chi connectivity index (χ1v) is 6.30. The van der Waals surface area contributed by atoms with Gasteiger partial charge in [-0.25, -0.2) is 0 Å². The van der Waals surface area contributed by atoms with Crippen molar-refractivity contribution in [2.24, 2.45) is 0 Å². The Balaban J connectivity index is 2.16. The quantitative estimate of drug-likeness (QED) is 0.732. The Morgan fingerprint density at radius 3 is 2.60 bits per heavy atom. The number of benzene rings is 1. The molecule has 0 aliphatic carbocycles. The summed E-state index contributed by atoms with van der Waals surface area (Å²) < 4.78 is 2.31. The number of hydrogen-bond donors (Lipinski definition) is 1. The molecule has 0 bridgehead atoms. The van der Waals surface area contributed by atoms with Crippen LogP contribution in [-0.4, -0.2) is 19.7 Å². The summed E-state index contributed by atoms with van der Waals surface area (Å²) in [5.74, 6) is 0.616. The number of aromatic amines is 1. The monoisotopic (exact) mass is 279 g/mol. The fourth-order valence-corrected chi connectivity index (χ4v) is 2.12. The van der Waals surface area contributed by atoms with Crippen molar-refractivity contribution in [3.05, 3.63) is 59.0 Å². The lowest BCUT2D eigenvalue weighted by atomic mass is 10.2. The second-order valence-electron chi connectivity index (χ2n) is 4.07. The molecule has 1 N–H and O–H groups in total. The summed E-state index contributed by atoms with van der Waals surface area (Å²) in [5.41, 5.74) is 2.07. The molecule has 0 spiro atoms. The minimum absolute atomic E-state index is 0.498. The van der Waals surface area contributed by atoms with Crippen LogP contribution < -0.4 is 0 Å². The molecular weight excluding hydrogens is 270 g/mol. The average molecular weight is 279 g/mol. The van der Waals surface area contributed by atoms with Gasteiger partial charge in [-0.2, -0.15) is 10.4 Å². The van der Waals surface area contributed by atoms with E-state index in [9.17, 15) is 0 Å². The van der Waals surface area contributed by atoms with Crippen molar-refractivity contribution >= 4 is 12.2 Å².